The van der Waals surface area contributed by atoms with E-state index < -0.39 is 0 Å². The lowest BCUT2D eigenvalue weighted by Crippen LogP contribution is -2.12. The van der Waals surface area contributed by atoms with E-state index in [1.54, 1.807) is 18.2 Å². The van der Waals surface area contributed by atoms with Crippen LogP contribution in [0.15, 0.2) is 54.6 Å². The highest BCUT2D eigenvalue weighted by atomic mass is 19.1. The number of anilines is 1. The number of hydrogen-bond donors (Lipinski definition) is 1. The third kappa shape index (κ3) is 4.55. The van der Waals surface area contributed by atoms with Gasteiger partial charge in [-0.25, -0.2) is 4.39 Å². The van der Waals surface area contributed by atoms with Gasteiger partial charge < -0.3 is 5.32 Å². The van der Waals surface area contributed by atoms with Gasteiger partial charge in [-0.15, -0.1) is 0 Å². The minimum Gasteiger partial charge on any atom is -0.323 e. The van der Waals surface area contributed by atoms with Crippen LogP contribution in [0.5, 0.6) is 0 Å². The number of amides is 1. The van der Waals surface area contributed by atoms with Gasteiger partial charge in [0.1, 0.15) is 5.82 Å². The molecule has 2 rings (SSSR count). The molecule has 0 aromatic heterocycles. The summed E-state index contributed by atoms with van der Waals surface area (Å²) in [7, 11) is 0. The summed E-state index contributed by atoms with van der Waals surface area (Å²) in [4.78, 5) is 11.9. The van der Waals surface area contributed by atoms with Crippen molar-refractivity contribution in [2.45, 2.75) is 26.2 Å². The molecule has 0 heterocycles. The number of benzene rings is 2. The zero-order valence-electron chi connectivity index (χ0n) is 13.1. The Bertz CT molecular complexity index is 681. The van der Waals surface area contributed by atoms with Gasteiger partial charge in [0.05, 0.1) is 0 Å². The van der Waals surface area contributed by atoms with E-state index in [9.17, 15) is 9.18 Å². The maximum atomic E-state index is 13.0. The third-order valence-electron chi connectivity index (χ3n) is 3.29. The fourth-order valence-corrected chi connectivity index (χ4v) is 2.02. The first-order chi connectivity index (χ1) is 10.3. The van der Waals surface area contributed by atoms with E-state index in [0.29, 0.717) is 5.56 Å². The number of carbonyl (C=O) groups excluding carboxylic acids is 1. The van der Waals surface area contributed by atoms with Crippen LogP contribution in [-0.4, -0.2) is 5.91 Å². The van der Waals surface area contributed by atoms with Gasteiger partial charge in [-0.3, -0.25) is 4.79 Å². The molecule has 0 atom stereocenters. The summed E-state index contributed by atoms with van der Waals surface area (Å²) < 4.78 is 13.0. The van der Waals surface area contributed by atoms with Gasteiger partial charge in [0.15, 0.2) is 0 Å². The van der Waals surface area contributed by atoms with E-state index in [2.05, 4.69) is 26.1 Å². The van der Waals surface area contributed by atoms with E-state index in [1.165, 1.54) is 23.8 Å². The van der Waals surface area contributed by atoms with Crippen LogP contribution >= 0.6 is 0 Å². The Hall–Kier alpha value is -2.42. The summed E-state index contributed by atoms with van der Waals surface area (Å²) >= 11 is 0. The van der Waals surface area contributed by atoms with Crippen LogP contribution in [-0.2, 0) is 10.2 Å². The van der Waals surface area contributed by atoms with Crippen LogP contribution in [0.2, 0.25) is 0 Å². The highest BCUT2D eigenvalue weighted by molar-refractivity contribution is 6.01. The predicted molar refractivity (Wildman–Crippen MR) is 89.2 cm³/mol. The molecule has 0 aliphatic carbocycles. The molecule has 0 saturated heterocycles. The van der Waals surface area contributed by atoms with E-state index in [-0.39, 0.29) is 17.1 Å². The Morgan fingerprint density at radius 2 is 1.77 bits per heavy atom. The molecule has 114 valence electrons. The molecule has 1 amide bonds. The quantitative estimate of drug-likeness (QED) is 0.812. The summed E-state index contributed by atoms with van der Waals surface area (Å²) in [5, 5.41) is 2.79. The largest absolute Gasteiger partial charge is 0.323 e. The topological polar surface area (TPSA) is 29.1 Å². The normalized spacial score (nSPS) is 11.6. The van der Waals surface area contributed by atoms with Crippen LogP contribution in [0.3, 0.4) is 0 Å². The molecule has 2 nitrogen and oxygen atoms in total. The molecule has 1 N–H and O–H groups in total. The minimum absolute atomic E-state index is 0.0832. The summed E-state index contributed by atoms with van der Waals surface area (Å²) in [6, 6.07) is 13.9. The molecule has 0 saturated carbocycles. The van der Waals surface area contributed by atoms with E-state index >= 15 is 0 Å². The summed E-state index contributed by atoms with van der Waals surface area (Å²) in [6.07, 6.45) is 2.98. The first-order valence-electron chi connectivity index (χ1n) is 7.20. The molecule has 0 bridgehead atoms. The lowest BCUT2D eigenvalue weighted by Gasteiger charge is -2.19. The second-order valence-corrected chi connectivity index (χ2v) is 6.20. The minimum atomic E-state index is -0.319. The van der Waals surface area contributed by atoms with Crippen molar-refractivity contribution in [3.8, 4) is 0 Å². The maximum absolute atomic E-state index is 13.0. The van der Waals surface area contributed by atoms with Crippen molar-refractivity contribution < 1.29 is 9.18 Å². The van der Waals surface area contributed by atoms with Crippen molar-refractivity contribution in [1.29, 1.82) is 0 Å². The van der Waals surface area contributed by atoms with Crippen LogP contribution in [0.1, 0.15) is 31.9 Å². The fourth-order valence-electron chi connectivity index (χ4n) is 2.02. The highest BCUT2D eigenvalue weighted by Gasteiger charge is 2.12. The average molecular weight is 297 g/mol. The van der Waals surface area contributed by atoms with Crippen LogP contribution < -0.4 is 5.32 Å². The van der Waals surface area contributed by atoms with Gasteiger partial charge in [0.2, 0.25) is 5.91 Å². The molecule has 0 radical (unpaired) electrons. The Morgan fingerprint density at radius 3 is 2.36 bits per heavy atom. The van der Waals surface area contributed by atoms with Gasteiger partial charge in [0.25, 0.3) is 0 Å². The smallest absolute Gasteiger partial charge is 0.248 e. The standard InChI is InChI=1S/C19H20FNO/c1-19(2,3)15-8-10-17(11-9-15)21-18(22)12-7-14-5-4-6-16(20)13-14/h4-13H,1-3H3,(H,21,22)/b12-7+. The number of rotatable bonds is 3. The van der Waals surface area contributed by atoms with E-state index in [1.807, 2.05) is 24.3 Å². The molecule has 22 heavy (non-hydrogen) atoms. The first-order valence-corrected chi connectivity index (χ1v) is 7.20. The van der Waals surface area contributed by atoms with E-state index in [4.69, 9.17) is 0 Å². The molecule has 0 unspecified atom stereocenters. The molecule has 2 aromatic rings. The van der Waals surface area contributed by atoms with Gasteiger partial charge in [-0.1, -0.05) is 45.0 Å². The molecule has 2 aromatic carbocycles. The molecular formula is C19H20FNO. The number of nitrogens with one attached hydrogen (secondary N) is 1. The lowest BCUT2D eigenvalue weighted by atomic mass is 9.87. The van der Waals surface area contributed by atoms with Crippen LogP contribution in [0, 0.1) is 5.82 Å². The Balaban J connectivity index is 2.00. The van der Waals surface area contributed by atoms with Crippen molar-refractivity contribution in [1.82, 2.24) is 0 Å². The molecule has 3 heteroatoms. The molecule has 0 aliphatic heterocycles. The van der Waals surface area contributed by atoms with Crippen molar-refractivity contribution in [2.75, 3.05) is 5.32 Å². The summed E-state index contributed by atoms with van der Waals surface area (Å²) in [6.45, 7) is 6.42. The number of hydrogen-bond acceptors (Lipinski definition) is 1. The average Bonchev–Trinajstić information content (AvgIpc) is 2.45. The van der Waals surface area contributed by atoms with Crippen molar-refractivity contribution in [3.05, 3.63) is 71.6 Å². The monoisotopic (exact) mass is 297 g/mol. The van der Waals surface area contributed by atoms with Gasteiger partial charge in [-0.05, 0) is 46.9 Å². The molecular weight excluding hydrogens is 277 g/mol. The zero-order chi connectivity index (χ0) is 16.2. The maximum Gasteiger partial charge on any atom is 0.248 e. The Labute approximate surface area is 130 Å². The van der Waals surface area contributed by atoms with Crippen LogP contribution in [0.25, 0.3) is 6.08 Å². The third-order valence-corrected chi connectivity index (χ3v) is 3.29. The summed E-state index contributed by atoms with van der Waals surface area (Å²) in [5.41, 5.74) is 2.68. The second kappa shape index (κ2) is 6.56. The van der Waals surface area contributed by atoms with Crippen molar-refractivity contribution in [3.63, 3.8) is 0 Å². The SMILES string of the molecule is CC(C)(C)c1ccc(NC(=O)/C=C/c2cccc(F)c2)cc1. The highest BCUT2D eigenvalue weighted by Crippen LogP contribution is 2.23. The zero-order valence-corrected chi connectivity index (χ0v) is 13.1. The molecule has 0 fully saturated rings. The first kappa shape index (κ1) is 16.0. The van der Waals surface area contributed by atoms with Gasteiger partial charge in [0, 0.05) is 11.8 Å². The van der Waals surface area contributed by atoms with E-state index in [0.717, 1.165) is 5.69 Å². The number of halogens is 1. The van der Waals surface area contributed by atoms with Gasteiger partial charge in [-0.2, -0.15) is 0 Å². The molecule has 0 aliphatic rings. The Kier molecular flexibility index (Phi) is 4.76. The van der Waals surface area contributed by atoms with Crippen LogP contribution in [0.4, 0.5) is 10.1 Å². The molecule has 0 spiro atoms. The fraction of sp³-hybridized carbons (Fsp3) is 0.211. The Morgan fingerprint density at radius 1 is 1.09 bits per heavy atom. The summed E-state index contributed by atoms with van der Waals surface area (Å²) in [5.74, 6) is -0.562. The lowest BCUT2D eigenvalue weighted by molar-refractivity contribution is -0.111. The second-order valence-electron chi connectivity index (χ2n) is 6.20. The van der Waals surface area contributed by atoms with Gasteiger partial charge >= 0.3 is 0 Å². The predicted octanol–water partition coefficient (Wildman–Crippen LogP) is 4.78. The van der Waals surface area contributed by atoms with Crippen molar-refractivity contribution in [2.24, 2.45) is 0 Å². The van der Waals surface area contributed by atoms with Crippen molar-refractivity contribution >= 4 is 17.7 Å². The number of carbonyl (C=O) groups is 1.